The first-order valence-electron chi connectivity index (χ1n) is 7.63. The first kappa shape index (κ1) is 15.5. The fraction of sp³-hybridized carbons (Fsp3) is 0.529. The first-order valence-corrected chi connectivity index (χ1v) is 7.63. The number of amides is 1. The van der Waals surface area contributed by atoms with Crippen LogP contribution in [0.5, 0.6) is 0 Å². The molecule has 21 heavy (non-hydrogen) atoms. The molecule has 0 saturated heterocycles. The Labute approximate surface area is 126 Å². The van der Waals surface area contributed by atoms with Gasteiger partial charge in [-0.15, -0.1) is 0 Å². The second-order valence-corrected chi connectivity index (χ2v) is 5.74. The van der Waals surface area contributed by atoms with Gasteiger partial charge in [-0.25, -0.2) is 0 Å². The number of hydrogen-bond donors (Lipinski definition) is 2. The largest absolute Gasteiger partial charge is 0.359 e. The van der Waals surface area contributed by atoms with Crippen molar-refractivity contribution in [2.75, 3.05) is 7.05 Å². The molecule has 1 aromatic rings. The van der Waals surface area contributed by atoms with E-state index in [0.29, 0.717) is 5.56 Å². The van der Waals surface area contributed by atoms with E-state index in [1.807, 2.05) is 24.3 Å². The standard InChI is InChI=1S/C17H23N3O/c1-12(14-7-5-6-13(10-14)11-18)20-16-9-4-3-8-15(16)17(21)19-2/h5-7,10,12,15-16,20H,3-4,8-9H2,1-2H3,(H,19,21). The van der Waals surface area contributed by atoms with Gasteiger partial charge in [-0.2, -0.15) is 5.26 Å². The zero-order valence-corrected chi connectivity index (χ0v) is 12.7. The summed E-state index contributed by atoms with van der Waals surface area (Å²) in [5.41, 5.74) is 1.77. The molecule has 3 unspecified atom stereocenters. The van der Waals surface area contributed by atoms with Gasteiger partial charge in [0.05, 0.1) is 17.6 Å². The minimum Gasteiger partial charge on any atom is -0.359 e. The number of carbonyl (C=O) groups excluding carboxylic acids is 1. The Morgan fingerprint density at radius 3 is 2.86 bits per heavy atom. The van der Waals surface area contributed by atoms with Crippen LogP contribution in [0.15, 0.2) is 24.3 Å². The Kier molecular flexibility index (Phi) is 5.35. The second kappa shape index (κ2) is 7.24. The van der Waals surface area contributed by atoms with Gasteiger partial charge in [0.15, 0.2) is 0 Å². The molecular formula is C17H23N3O. The monoisotopic (exact) mass is 285 g/mol. The fourth-order valence-electron chi connectivity index (χ4n) is 3.12. The Morgan fingerprint density at radius 1 is 1.38 bits per heavy atom. The Balaban J connectivity index is 2.07. The van der Waals surface area contributed by atoms with Gasteiger partial charge >= 0.3 is 0 Å². The molecule has 2 rings (SSSR count). The lowest BCUT2D eigenvalue weighted by Gasteiger charge is -2.33. The molecule has 1 amide bonds. The van der Waals surface area contributed by atoms with E-state index in [4.69, 9.17) is 5.26 Å². The van der Waals surface area contributed by atoms with Crippen molar-refractivity contribution in [3.05, 3.63) is 35.4 Å². The summed E-state index contributed by atoms with van der Waals surface area (Å²) in [6.45, 7) is 2.09. The molecule has 1 saturated carbocycles. The third kappa shape index (κ3) is 3.83. The SMILES string of the molecule is CNC(=O)C1CCCCC1NC(C)c1cccc(C#N)c1. The van der Waals surface area contributed by atoms with Crippen LogP contribution in [0.1, 0.15) is 49.8 Å². The summed E-state index contributed by atoms with van der Waals surface area (Å²) in [7, 11) is 1.70. The molecule has 2 N–H and O–H groups in total. The molecule has 0 bridgehead atoms. The van der Waals surface area contributed by atoms with E-state index in [1.165, 1.54) is 0 Å². The third-order valence-electron chi connectivity index (χ3n) is 4.33. The normalized spacial score (nSPS) is 23.1. The topological polar surface area (TPSA) is 64.9 Å². The molecule has 3 atom stereocenters. The molecule has 4 nitrogen and oxygen atoms in total. The van der Waals surface area contributed by atoms with E-state index in [2.05, 4.69) is 23.6 Å². The van der Waals surface area contributed by atoms with Gasteiger partial charge in [0.2, 0.25) is 5.91 Å². The number of nitriles is 1. The number of hydrogen-bond acceptors (Lipinski definition) is 3. The lowest BCUT2D eigenvalue weighted by molar-refractivity contribution is -0.126. The fourth-order valence-corrected chi connectivity index (χ4v) is 3.12. The Morgan fingerprint density at radius 2 is 2.14 bits per heavy atom. The van der Waals surface area contributed by atoms with E-state index < -0.39 is 0 Å². The lowest BCUT2D eigenvalue weighted by Crippen LogP contribution is -2.46. The van der Waals surface area contributed by atoms with Crippen molar-refractivity contribution in [3.8, 4) is 6.07 Å². The van der Waals surface area contributed by atoms with Gasteiger partial charge in [0.1, 0.15) is 0 Å². The maximum absolute atomic E-state index is 12.0. The predicted octanol–water partition coefficient (Wildman–Crippen LogP) is 2.51. The van der Waals surface area contributed by atoms with Crippen molar-refractivity contribution in [1.29, 1.82) is 5.26 Å². The van der Waals surface area contributed by atoms with Crippen molar-refractivity contribution in [2.24, 2.45) is 5.92 Å². The van der Waals surface area contributed by atoms with Crippen LogP contribution in [-0.2, 0) is 4.79 Å². The van der Waals surface area contributed by atoms with Gasteiger partial charge in [-0.05, 0) is 37.5 Å². The molecule has 0 heterocycles. The van der Waals surface area contributed by atoms with Crippen LogP contribution in [0, 0.1) is 17.2 Å². The van der Waals surface area contributed by atoms with Gasteiger partial charge < -0.3 is 10.6 Å². The highest BCUT2D eigenvalue weighted by molar-refractivity contribution is 5.79. The summed E-state index contributed by atoms with van der Waals surface area (Å²) in [6, 6.07) is 10.2. The van der Waals surface area contributed by atoms with Gasteiger partial charge in [0.25, 0.3) is 0 Å². The summed E-state index contributed by atoms with van der Waals surface area (Å²) in [4.78, 5) is 12.0. The summed E-state index contributed by atoms with van der Waals surface area (Å²) in [5.74, 6) is 0.176. The molecule has 4 heteroatoms. The van der Waals surface area contributed by atoms with Crippen LogP contribution >= 0.6 is 0 Å². The van der Waals surface area contributed by atoms with Crippen LogP contribution < -0.4 is 10.6 Å². The maximum atomic E-state index is 12.0. The quantitative estimate of drug-likeness (QED) is 0.893. The van der Waals surface area contributed by atoms with Crippen molar-refractivity contribution in [1.82, 2.24) is 10.6 Å². The minimum absolute atomic E-state index is 0.0466. The highest BCUT2D eigenvalue weighted by Crippen LogP contribution is 2.27. The summed E-state index contributed by atoms with van der Waals surface area (Å²) in [5, 5.41) is 15.3. The second-order valence-electron chi connectivity index (χ2n) is 5.74. The molecule has 0 aromatic heterocycles. The van der Waals surface area contributed by atoms with Crippen LogP contribution in [0.2, 0.25) is 0 Å². The highest BCUT2D eigenvalue weighted by atomic mass is 16.1. The number of rotatable bonds is 4. The number of carbonyl (C=O) groups is 1. The van der Waals surface area contributed by atoms with Crippen LogP contribution in [-0.4, -0.2) is 19.0 Å². The number of benzene rings is 1. The zero-order valence-electron chi connectivity index (χ0n) is 12.7. The molecule has 112 valence electrons. The predicted molar refractivity (Wildman–Crippen MR) is 82.5 cm³/mol. The average molecular weight is 285 g/mol. The van der Waals surface area contributed by atoms with Crippen molar-refractivity contribution < 1.29 is 4.79 Å². The third-order valence-corrected chi connectivity index (χ3v) is 4.33. The van der Waals surface area contributed by atoms with Gasteiger partial charge in [-0.1, -0.05) is 25.0 Å². The average Bonchev–Trinajstić information content (AvgIpc) is 2.54. The summed E-state index contributed by atoms with van der Waals surface area (Å²) in [6.07, 6.45) is 4.26. The number of nitrogens with zero attached hydrogens (tertiary/aromatic N) is 1. The first-order chi connectivity index (χ1) is 10.2. The Bertz CT molecular complexity index is 535. The minimum atomic E-state index is 0.0466. The van der Waals surface area contributed by atoms with E-state index >= 15 is 0 Å². The van der Waals surface area contributed by atoms with Crippen LogP contribution in [0.3, 0.4) is 0 Å². The van der Waals surface area contributed by atoms with Gasteiger partial charge in [-0.3, -0.25) is 4.79 Å². The molecule has 1 aromatic carbocycles. The van der Waals surface area contributed by atoms with Crippen molar-refractivity contribution in [3.63, 3.8) is 0 Å². The van der Waals surface area contributed by atoms with Crippen molar-refractivity contribution in [2.45, 2.75) is 44.7 Å². The smallest absolute Gasteiger partial charge is 0.224 e. The Hall–Kier alpha value is -1.86. The van der Waals surface area contributed by atoms with E-state index in [9.17, 15) is 4.79 Å². The van der Waals surface area contributed by atoms with Gasteiger partial charge in [0, 0.05) is 19.1 Å². The molecule has 0 spiro atoms. The number of nitrogens with one attached hydrogen (secondary N) is 2. The molecular weight excluding hydrogens is 262 g/mol. The lowest BCUT2D eigenvalue weighted by atomic mass is 9.83. The van der Waals surface area contributed by atoms with Crippen molar-refractivity contribution >= 4 is 5.91 Å². The molecule has 1 fully saturated rings. The van der Waals surface area contributed by atoms with E-state index in [1.54, 1.807) is 7.05 Å². The molecule has 1 aliphatic carbocycles. The van der Waals surface area contributed by atoms with Crippen LogP contribution in [0.4, 0.5) is 0 Å². The van der Waals surface area contributed by atoms with E-state index in [0.717, 1.165) is 31.2 Å². The highest BCUT2D eigenvalue weighted by Gasteiger charge is 2.31. The molecule has 1 aliphatic rings. The van der Waals surface area contributed by atoms with E-state index in [-0.39, 0.29) is 23.9 Å². The maximum Gasteiger partial charge on any atom is 0.224 e. The van der Waals surface area contributed by atoms with Crippen LogP contribution in [0.25, 0.3) is 0 Å². The zero-order chi connectivity index (χ0) is 15.2. The molecule has 0 radical (unpaired) electrons. The summed E-state index contributed by atoms with van der Waals surface area (Å²) >= 11 is 0. The molecule has 0 aliphatic heterocycles. The summed E-state index contributed by atoms with van der Waals surface area (Å²) < 4.78 is 0.